The second-order valence-electron chi connectivity index (χ2n) is 1.91. The molecule has 0 aliphatic heterocycles. The zero-order valence-electron chi connectivity index (χ0n) is 5.66. The monoisotopic (exact) mass is 156 g/mol. The molecule has 1 aromatic heterocycles. The minimum absolute atomic E-state index is 0.218. The smallest absolute Gasteiger partial charge is 0.265 e. The van der Waals surface area contributed by atoms with Crippen LogP contribution in [0.15, 0.2) is 9.95 Å². The normalized spacial score (nSPS) is 9.80. The zero-order valence-corrected chi connectivity index (χ0v) is 6.47. The minimum atomic E-state index is -0.344. The third kappa shape index (κ3) is 1.13. The quantitative estimate of drug-likeness (QED) is 0.533. The maximum atomic E-state index is 10.7. The van der Waals surface area contributed by atoms with Gasteiger partial charge in [0.1, 0.15) is 5.69 Å². The first-order valence-electron chi connectivity index (χ1n) is 2.70. The Hall–Kier alpha value is -0.970. The van der Waals surface area contributed by atoms with Gasteiger partial charge in [0.25, 0.3) is 5.56 Å². The third-order valence-corrected chi connectivity index (χ3v) is 1.44. The van der Waals surface area contributed by atoms with Crippen molar-refractivity contribution in [2.24, 2.45) is 7.05 Å². The van der Waals surface area contributed by atoms with Crippen molar-refractivity contribution >= 4 is 12.6 Å². The van der Waals surface area contributed by atoms with Gasteiger partial charge in [0, 0.05) is 7.05 Å². The van der Waals surface area contributed by atoms with Crippen molar-refractivity contribution in [2.45, 2.75) is 12.1 Å². The highest BCUT2D eigenvalue weighted by molar-refractivity contribution is 7.80. The summed E-state index contributed by atoms with van der Waals surface area (Å²) < 4.78 is 1.39. The summed E-state index contributed by atoms with van der Waals surface area (Å²) >= 11 is 4.69. The highest BCUT2D eigenvalue weighted by Crippen LogP contribution is 1.92. The van der Waals surface area contributed by atoms with Crippen LogP contribution in [-0.4, -0.2) is 14.8 Å². The second kappa shape index (κ2) is 2.34. The number of nitrogens with zero attached hydrogens (tertiary/aromatic N) is 3. The van der Waals surface area contributed by atoms with Crippen molar-refractivity contribution in [1.82, 2.24) is 14.8 Å². The van der Waals surface area contributed by atoms with Crippen LogP contribution in [0, 0.1) is 6.92 Å². The van der Waals surface area contributed by atoms with Gasteiger partial charge in [-0.1, -0.05) is 0 Å². The molecule has 5 heteroatoms. The van der Waals surface area contributed by atoms with Crippen molar-refractivity contribution in [3.8, 4) is 0 Å². The Balaban J connectivity index is 3.43. The molecule has 1 aromatic rings. The average Bonchev–Trinajstić information content (AvgIpc) is 1.84. The van der Waals surface area contributed by atoms with E-state index in [1.54, 1.807) is 14.0 Å². The fraction of sp³-hybridized carbons (Fsp3) is 0.400. The number of aromatic nitrogens is 3. The van der Waals surface area contributed by atoms with Gasteiger partial charge >= 0.3 is 0 Å². The molecular formula is C5H6N3OS. The van der Waals surface area contributed by atoms with Crippen molar-refractivity contribution < 1.29 is 0 Å². The molecule has 0 aliphatic rings. The standard InChI is InChI=1S/C5H6N3OS/c1-3-4(9)6-5(10)8(2)7-3/h1-2H3. The van der Waals surface area contributed by atoms with Crippen LogP contribution in [0.2, 0.25) is 0 Å². The third-order valence-electron chi connectivity index (χ3n) is 1.08. The molecule has 4 nitrogen and oxygen atoms in total. The summed E-state index contributed by atoms with van der Waals surface area (Å²) in [4.78, 5) is 14.3. The Morgan fingerprint density at radius 2 is 2.20 bits per heavy atom. The minimum Gasteiger partial charge on any atom is -0.265 e. The molecule has 0 atom stereocenters. The van der Waals surface area contributed by atoms with E-state index in [2.05, 4.69) is 22.7 Å². The number of rotatable bonds is 0. The Morgan fingerprint density at radius 3 is 2.70 bits per heavy atom. The van der Waals surface area contributed by atoms with Gasteiger partial charge in [-0.15, -0.1) is 0 Å². The van der Waals surface area contributed by atoms with Gasteiger partial charge in [-0.3, -0.25) is 4.79 Å². The molecule has 0 amide bonds. The first-order valence-corrected chi connectivity index (χ1v) is 3.11. The molecule has 0 fully saturated rings. The molecular weight excluding hydrogens is 150 g/mol. The van der Waals surface area contributed by atoms with Crippen LogP contribution in [0.4, 0.5) is 0 Å². The van der Waals surface area contributed by atoms with E-state index < -0.39 is 0 Å². The van der Waals surface area contributed by atoms with Crippen molar-refractivity contribution in [1.29, 1.82) is 0 Å². The Labute approximate surface area is 63.3 Å². The summed E-state index contributed by atoms with van der Waals surface area (Å²) in [5.41, 5.74) is 0.0270. The van der Waals surface area contributed by atoms with Crippen LogP contribution in [0.25, 0.3) is 0 Å². The molecule has 0 aromatic carbocycles. The molecule has 0 saturated carbocycles. The highest BCUT2D eigenvalue weighted by Gasteiger charge is 1.99. The summed E-state index contributed by atoms with van der Waals surface area (Å²) in [6.07, 6.45) is 0. The molecule has 0 unspecified atom stereocenters. The van der Waals surface area contributed by atoms with E-state index in [-0.39, 0.29) is 10.7 Å². The van der Waals surface area contributed by atoms with Crippen molar-refractivity contribution in [2.75, 3.05) is 0 Å². The van der Waals surface area contributed by atoms with Gasteiger partial charge in [0.05, 0.1) is 0 Å². The first-order chi connectivity index (χ1) is 4.61. The highest BCUT2D eigenvalue weighted by atomic mass is 32.1. The van der Waals surface area contributed by atoms with Gasteiger partial charge in [0.2, 0.25) is 5.16 Å². The largest absolute Gasteiger partial charge is 0.295 e. The van der Waals surface area contributed by atoms with E-state index in [1.807, 2.05) is 0 Å². The molecule has 1 rings (SSSR count). The number of hydrogen-bond donors (Lipinski definition) is 0. The van der Waals surface area contributed by atoms with Gasteiger partial charge in [0.15, 0.2) is 0 Å². The molecule has 0 spiro atoms. The molecule has 0 N–H and O–H groups in total. The Bertz CT molecular complexity index is 306. The number of aryl methyl sites for hydroxylation is 2. The maximum Gasteiger partial charge on any atom is 0.295 e. The van der Waals surface area contributed by atoms with Gasteiger partial charge in [-0.2, -0.15) is 10.1 Å². The van der Waals surface area contributed by atoms with Gasteiger partial charge in [-0.25, -0.2) is 4.68 Å². The maximum absolute atomic E-state index is 10.7. The summed E-state index contributed by atoms with van der Waals surface area (Å²) in [7, 11) is 1.65. The molecule has 1 heterocycles. The van der Waals surface area contributed by atoms with Crippen molar-refractivity contribution in [3.63, 3.8) is 0 Å². The van der Waals surface area contributed by atoms with Crippen LogP contribution in [0.5, 0.6) is 0 Å². The van der Waals surface area contributed by atoms with Gasteiger partial charge in [-0.05, 0) is 19.6 Å². The summed E-state index contributed by atoms with van der Waals surface area (Å²) in [5, 5.41) is 4.03. The molecule has 0 bridgehead atoms. The SMILES string of the molecule is Cc1nn(C)c([S])nc1=O. The number of hydrogen-bond acceptors (Lipinski definition) is 3. The second-order valence-corrected chi connectivity index (χ2v) is 2.27. The van der Waals surface area contributed by atoms with Crippen LogP contribution in [-0.2, 0) is 7.05 Å². The predicted molar refractivity (Wildman–Crippen MR) is 37.9 cm³/mol. The lowest BCUT2D eigenvalue weighted by molar-refractivity contribution is 0.600. The van der Waals surface area contributed by atoms with Crippen LogP contribution in [0.3, 0.4) is 0 Å². The fourth-order valence-corrected chi connectivity index (χ4v) is 0.674. The van der Waals surface area contributed by atoms with E-state index in [0.29, 0.717) is 5.69 Å². The van der Waals surface area contributed by atoms with E-state index in [0.717, 1.165) is 0 Å². The lowest BCUT2D eigenvalue weighted by Crippen LogP contribution is -2.18. The van der Waals surface area contributed by atoms with Crippen LogP contribution in [0.1, 0.15) is 5.69 Å². The zero-order chi connectivity index (χ0) is 7.72. The lowest BCUT2D eigenvalue weighted by atomic mass is 10.5. The van der Waals surface area contributed by atoms with E-state index in [4.69, 9.17) is 0 Å². The van der Waals surface area contributed by atoms with Crippen molar-refractivity contribution in [3.05, 3.63) is 16.0 Å². The molecule has 10 heavy (non-hydrogen) atoms. The summed E-state index contributed by atoms with van der Waals surface area (Å²) in [6, 6.07) is 0. The lowest BCUT2D eigenvalue weighted by Gasteiger charge is -1.97. The predicted octanol–water partition coefficient (Wildman–Crippen LogP) is 0.0401. The fourth-order valence-electron chi connectivity index (χ4n) is 0.551. The summed E-state index contributed by atoms with van der Waals surface area (Å²) in [5.74, 6) is 0. The Kier molecular flexibility index (Phi) is 1.67. The van der Waals surface area contributed by atoms with E-state index in [1.165, 1.54) is 4.68 Å². The van der Waals surface area contributed by atoms with E-state index >= 15 is 0 Å². The average molecular weight is 156 g/mol. The van der Waals surface area contributed by atoms with Crippen LogP contribution >= 0.6 is 12.6 Å². The van der Waals surface area contributed by atoms with Crippen LogP contribution < -0.4 is 5.56 Å². The van der Waals surface area contributed by atoms with E-state index in [9.17, 15) is 4.79 Å². The molecule has 0 aliphatic carbocycles. The molecule has 1 radical (unpaired) electrons. The molecule has 0 saturated heterocycles. The first kappa shape index (κ1) is 7.14. The van der Waals surface area contributed by atoms with Gasteiger partial charge < -0.3 is 0 Å². The topological polar surface area (TPSA) is 47.8 Å². The summed E-state index contributed by atoms with van der Waals surface area (Å²) in [6.45, 7) is 1.60. The molecule has 53 valence electrons. The Morgan fingerprint density at radius 1 is 1.60 bits per heavy atom.